The predicted octanol–water partition coefficient (Wildman–Crippen LogP) is 4.94. The lowest BCUT2D eigenvalue weighted by Gasteiger charge is -2.37. The number of anilines is 2. The summed E-state index contributed by atoms with van der Waals surface area (Å²) in [6, 6.07) is 19.5. The predicted molar refractivity (Wildman–Crippen MR) is 155 cm³/mol. The topological polar surface area (TPSA) is 99.2 Å². The molecule has 12 heteroatoms. The molecule has 0 amide bonds. The van der Waals surface area contributed by atoms with Crippen LogP contribution in [0, 0.1) is 20.2 Å². The van der Waals surface area contributed by atoms with E-state index in [-0.39, 0.29) is 21.2 Å². The van der Waals surface area contributed by atoms with E-state index in [1.54, 1.807) is 0 Å². The van der Waals surface area contributed by atoms with Gasteiger partial charge >= 0.3 is 0 Å². The number of thioether (sulfide) groups is 2. The largest absolute Gasteiger partial charge is 0.317 e. The van der Waals surface area contributed by atoms with E-state index in [4.69, 9.17) is 0 Å². The number of benzene rings is 2. The van der Waals surface area contributed by atoms with Crippen LogP contribution in [0.3, 0.4) is 0 Å². The van der Waals surface area contributed by atoms with Gasteiger partial charge in [0.25, 0.3) is 11.4 Å². The molecule has 4 rings (SSSR count). The molecule has 0 radical (unpaired) electrons. The normalized spacial score (nSPS) is 17.3. The van der Waals surface area contributed by atoms with Crippen LogP contribution in [0.1, 0.15) is 12.8 Å². The molecular formula is C26H32N6O4S2. The van der Waals surface area contributed by atoms with Gasteiger partial charge in [-0.3, -0.25) is 30.0 Å². The van der Waals surface area contributed by atoms with E-state index in [1.165, 1.54) is 23.5 Å². The average molecular weight is 557 g/mol. The summed E-state index contributed by atoms with van der Waals surface area (Å²) in [4.78, 5) is 31.4. The first-order valence-electron chi connectivity index (χ1n) is 12.4. The van der Waals surface area contributed by atoms with Gasteiger partial charge in [0.2, 0.25) is 0 Å². The molecule has 2 heterocycles. The zero-order valence-electron chi connectivity index (χ0n) is 21.6. The van der Waals surface area contributed by atoms with Crippen LogP contribution in [0.4, 0.5) is 11.4 Å². The zero-order valence-corrected chi connectivity index (χ0v) is 23.2. The molecule has 2 aromatic rings. The fourth-order valence-electron chi connectivity index (χ4n) is 4.81. The van der Waals surface area contributed by atoms with Crippen molar-refractivity contribution in [2.75, 3.05) is 61.8 Å². The molecule has 0 N–H and O–H groups in total. The number of rotatable bonds is 11. The monoisotopic (exact) mass is 556 g/mol. The maximum atomic E-state index is 11.9. The molecule has 0 bridgehead atoms. The van der Waals surface area contributed by atoms with Gasteiger partial charge in [-0.1, -0.05) is 36.4 Å². The number of nitro groups is 2. The van der Waals surface area contributed by atoms with Crippen molar-refractivity contribution in [3.05, 3.63) is 102 Å². The Bertz CT molecular complexity index is 1100. The molecule has 2 aliphatic rings. The first kappa shape index (κ1) is 28.0. The minimum Gasteiger partial charge on any atom is -0.317 e. The van der Waals surface area contributed by atoms with Crippen molar-refractivity contribution < 1.29 is 9.85 Å². The maximum Gasteiger partial charge on any atom is 0.290 e. The molecule has 0 aromatic heterocycles. The van der Waals surface area contributed by atoms with Crippen molar-refractivity contribution in [2.24, 2.45) is 0 Å². The van der Waals surface area contributed by atoms with E-state index in [0.717, 1.165) is 24.2 Å². The standard InChI is InChI=1S/C26H32N6O4S2/c1-37-25-23(31(33)34)17-27(19-29(25)21-11-5-3-6-12-21)15-9-10-16-28-18-24(32(35)36)26(38-2)30(20-28)22-13-7-4-8-14-22/h3-8,11-14H,9-10,15-20H2,1-2H3. The van der Waals surface area contributed by atoms with Crippen molar-refractivity contribution in [1.82, 2.24) is 9.80 Å². The Hall–Kier alpha value is -3.06. The van der Waals surface area contributed by atoms with Crippen LogP contribution in [0.25, 0.3) is 0 Å². The molecule has 0 spiro atoms. The van der Waals surface area contributed by atoms with Crippen LogP contribution in [-0.2, 0) is 0 Å². The second-order valence-electron chi connectivity index (χ2n) is 9.05. The van der Waals surface area contributed by atoms with Gasteiger partial charge in [0.1, 0.15) is 0 Å². The van der Waals surface area contributed by atoms with Crippen LogP contribution < -0.4 is 9.80 Å². The number of nitrogens with zero attached hydrogens (tertiary/aromatic N) is 6. The summed E-state index contributed by atoms with van der Waals surface area (Å²) in [5, 5.41) is 25.1. The fraction of sp³-hybridized carbons (Fsp3) is 0.385. The lowest BCUT2D eigenvalue weighted by atomic mass is 10.2. The summed E-state index contributed by atoms with van der Waals surface area (Å²) < 4.78 is 0. The van der Waals surface area contributed by atoms with Gasteiger partial charge in [-0.15, -0.1) is 23.5 Å². The zero-order chi connectivity index (χ0) is 27.1. The van der Waals surface area contributed by atoms with Crippen LogP contribution in [0.5, 0.6) is 0 Å². The smallest absolute Gasteiger partial charge is 0.290 e. The van der Waals surface area contributed by atoms with Gasteiger partial charge in [0.15, 0.2) is 10.1 Å². The Morgan fingerprint density at radius 2 is 1.05 bits per heavy atom. The highest BCUT2D eigenvalue weighted by Gasteiger charge is 2.34. The van der Waals surface area contributed by atoms with E-state index in [1.807, 2.05) is 83.0 Å². The minimum atomic E-state index is -0.269. The van der Waals surface area contributed by atoms with Gasteiger partial charge in [0, 0.05) is 24.5 Å². The van der Waals surface area contributed by atoms with E-state index in [2.05, 4.69) is 9.80 Å². The van der Waals surface area contributed by atoms with E-state index in [0.29, 0.717) is 49.6 Å². The Morgan fingerprint density at radius 1 is 0.684 bits per heavy atom. The summed E-state index contributed by atoms with van der Waals surface area (Å²) in [6.07, 6.45) is 5.41. The third-order valence-corrected chi connectivity index (χ3v) is 8.26. The molecule has 38 heavy (non-hydrogen) atoms. The lowest BCUT2D eigenvalue weighted by molar-refractivity contribution is -0.429. The molecule has 2 aliphatic heterocycles. The third kappa shape index (κ3) is 6.49. The van der Waals surface area contributed by atoms with Gasteiger partial charge in [-0.25, -0.2) is 0 Å². The second-order valence-corrected chi connectivity index (χ2v) is 10.6. The summed E-state index contributed by atoms with van der Waals surface area (Å²) >= 11 is 2.80. The number of hydrogen-bond acceptors (Lipinski definition) is 10. The van der Waals surface area contributed by atoms with E-state index < -0.39 is 0 Å². The highest BCUT2D eigenvalue weighted by Crippen LogP contribution is 2.33. The maximum absolute atomic E-state index is 11.9. The number of unbranched alkanes of at least 4 members (excludes halogenated alkanes) is 1. The summed E-state index contributed by atoms with van der Waals surface area (Å²) in [7, 11) is 0. The second kappa shape index (κ2) is 13.1. The highest BCUT2D eigenvalue weighted by molar-refractivity contribution is 8.02. The molecule has 0 unspecified atom stereocenters. The fourth-order valence-corrected chi connectivity index (χ4v) is 6.33. The molecular weight excluding hydrogens is 524 g/mol. The number of para-hydroxylation sites is 2. The van der Waals surface area contributed by atoms with Crippen LogP contribution in [0.15, 0.2) is 82.1 Å². The Balaban J connectivity index is 1.40. The van der Waals surface area contributed by atoms with Gasteiger partial charge in [-0.2, -0.15) is 0 Å². The summed E-state index contributed by atoms with van der Waals surface area (Å²) in [5.41, 5.74) is 2.29. The highest BCUT2D eigenvalue weighted by atomic mass is 32.2. The van der Waals surface area contributed by atoms with Crippen molar-refractivity contribution in [1.29, 1.82) is 0 Å². The first-order valence-corrected chi connectivity index (χ1v) is 14.8. The Morgan fingerprint density at radius 3 is 1.37 bits per heavy atom. The van der Waals surface area contributed by atoms with E-state index >= 15 is 0 Å². The molecule has 202 valence electrons. The van der Waals surface area contributed by atoms with Gasteiger partial charge in [-0.05, 0) is 49.6 Å². The van der Waals surface area contributed by atoms with Gasteiger partial charge in [0.05, 0.1) is 36.3 Å². The first-order chi connectivity index (χ1) is 18.4. The molecule has 0 fully saturated rings. The SMILES string of the molecule is CSC1=C([N+](=O)[O-])CN(CCCCN2CC([N+](=O)[O-])=C(SC)N(c3ccccc3)C2)CN1c1ccccc1. The Labute approximate surface area is 231 Å². The average Bonchev–Trinajstić information content (AvgIpc) is 2.95. The van der Waals surface area contributed by atoms with Crippen LogP contribution in [-0.4, -0.2) is 71.7 Å². The van der Waals surface area contributed by atoms with Crippen molar-refractivity contribution >= 4 is 34.9 Å². The molecule has 0 atom stereocenters. The van der Waals surface area contributed by atoms with Crippen molar-refractivity contribution in [2.45, 2.75) is 12.8 Å². The van der Waals surface area contributed by atoms with Crippen molar-refractivity contribution in [3.8, 4) is 0 Å². The quantitative estimate of drug-likeness (QED) is 0.215. The summed E-state index contributed by atoms with van der Waals surface area (Å²) in [5.74, 6) is 0. The minimum absolute atomic E-state index is 0.215. The molecule has 0 saturated carbocycles. The van der Waals surface area contributed by atoms with E-state index in [9.17, 15) is 20.2 Å². The van der Waals surface area contributed by atoms with Crippen LogP contribution in [0.2, 0.25) is 0 Å². The molecule has 10 nitrogen and oxygen atoms in total. The molecule has 0 saturated heterocycles. The third-order valence-electron chi connectivity index (χ3n) is 6.58. The number of hydrogen-bond donors (Lipinski definition) is 0. The molecule has 2 aromatic carbocycles. The van der Waals surface area contributed by atoms with Crippen molar-refractivity contribution in [3.63, 3.8) is 0 Å². The Kier molecular flexibility index (Phi) is 9.67. The summed E-state index contributed by atoms with van der Waals surface area (Å²) in [6.45, 7) is 3.15. The molecule has 0 aliphatic carbocycles. The lowest BCUT2D eigenvalue weighted by Crippen LogP contribution is -2.46. The van der Waals surface area contributed by atoms with Gasteiger partial charge < -0.3 is 9.80 Å². The van der Waals surface area contributed by atoms with Crippen LogP contribution >= 0.6 is 23.5 Å².